The molecule has 3 aromatic heterocycles. The smallest absolute Gasteiger partial charge is 0.230 e. The Morgan fingerprint density at radius 1 is 1.35 bits per heavy atom. The zero-order chi connectivity index (χ0) is 18.5. The second kappa shape index (κ2) is 8.22. The molecule has 0 aliphatic heterocycles. The molecule has 0 aromatic carbocycles. The fourth-order valence-electron chi connectivity index (χ4n) is 2.60. The van der Waals surface area contributed by atoms with Gasteiger partial charge in [0.1, 0.15) is 0 Å². The Morgan fingerprint density at radius 3 is 2.88 bits per heavy atom. The van der Waals surface area contributed by atoms with Gasteiger partial charge in [0.05, 0.1) is 17.7 Å². The molecule has 0 spiro atoms. The van der Waals surface area contributed by atoms with Crippen LogP contribution in [-0.4, -0.2) is 42.7 Å². The van der Waals surface area contributed by atoms with Crippen LogP contribution >= 0.6 is 11.8 Å². The number of furan rings is 1. The zero-order valence-electron chi connectivity index (χ0n) is 15.1. The summed E-state index contributed by atoms with van der Waals surface area (Å²) in [5, 5.41) is 16.2. The van der Waals surface area contributed by atoms with Crippen molar-refractivity contribution in [1.29, 1.82) is 0 Å². The summed E-state index contributed by atoms with van der Waals surface area (Å²) in [7, 11) is 1.85. The summed E-state index contributed by atoms with van der Waals surface area (Å²) in [5.41, 5.74) is 2.15. The number of carbonyl (C=O) groups excluding carboxylic acids is 1. The number of nitrogens with zero attached hydrogens (tertiary/aromatic N) is 5. The number of aryl methyl sites for hydroxylation is 3. The highest BCUT2D eigenvalue weighted by Crippen LogP contribution is 2.22. The molecule has 0 atom stereocenters. The van der Waals surface area contributed by atoms with E-state index in [9.17, 15) is 4.79 Å². The van der Waals surface area contributed by atoms with Crippen LogP contribution in [0.2, 0.25) is 0 Å². The Morgan fingerprint density at radius 2 is 2.19 bits per heavy atom. The van der Waals surface area contributed by atoms with Gasteiger partial charge >= 0.3 is 0 Å². The monoisotopic (exact) mass is 374 g/mol. The van der Waals surface area contributed by atoms with Crippen LogP contribution in [0.4, 0.5) is 0 Å². The van der Waals surface area contributed by atoms with Gasteiger partial charge in [-0.2, -0.15) is 5.10 Å². The highest BCUT2D eigenvalue weighted by molar-refractivity contribution is 7.99. The average Bonchev–Trinajstić information content (AvgIpc) is 3.31. The maximum absolute atomic E-state index is 12.0. The van der Waals surface area contributed by atoms with E-state index in [0.717, 1.165) is 24.4 Å². The largest absolute Gasteiger partial charge is 0.461 e. The molecule has 0 fully saturated rings. The molecule has 0 saturated heterocycles. The van der Waals surface area contributed by atoms with E-state index in [4.69, 9.17) is 4.42 Å². The molecule has 138 valence electrons. The number of nitrogens with one attached hydrogen (secondary N) is 1. The van der Waals surface area contributed by atoms with Crippen LogP contribution in [0.25, 0.3) is 11.6 Å². The summed E-state index contributed by atoms with van der Waals surface area (Å²) >= 11 is 1.35. The number of carbonyl (C=O) groups is 1. The Bertz CT molecular complexity index is 868. The predicted octanol–water partition coefficient (Wildman–Crippen LogP) is 2.19. The van der Waals surface area contributed by atoms with Gasteiger partial charge in [-0.1, -0.05) is 11.8 Å². The van der Waals surface area contributed by atoms with Crippen LogP contribution in [0.5, 0.6) is 0 Å². The van der Waals surface area contributed by atoms with Crippen LogP contribution < -0.4 is 5.32 Å². The van der Waals surface area contributed by atoms with Crippen LogP contribution in [0.1, 0.15) is 17.8 Å². The maximum Gasteiger partial charge on any atom is 0.230 e. The number of hydrogen-bond donors (Lipinski definition) is 1. The first-order valence-electron chi connectivity index (χ1n) is 8.38. The molecule has 0 aliphatic rings. The van der Waals surface area contributed by atoms with E-state index in [1.54, 1.807) is 12.3 Å². The SMILES string of the molecule is Cc1cc(C)n(CCCNC(=O)CSc2nnc(-c3ccco3)n2C)n1. The molecule has 9 heteroatoms. The van der Waals surface area contributed by atoms with E-state index in [2.05, 4.69) is 20.6 Å². The molecular weight excluding hydrogens is 352 g/mol. The maximum atomic E-state index is 12.0. The van der Waals surface area contributed by atoms with Crippen LogP contribution in [-0.2, 0) is 18.4 Å². The lowest BCUT2D eigenvalue weighted by Gasteiger charge is -2.06. The highest BCUT2D eigenvalue weighted by Gasteiger charge is 2.14. The second-order valence-electron chi connectivity index (χ2n) is 5.98. The quantitative estimate of drug-likeness (QED) is 0.480. The number of rotatable bonds is 8. The van der Waals surface area contributed by atoms with Crippen molar-refractivity contribution in [3.05, 3.63) is 35.9 Å². The molecule has 0 unspecified atom stereocenters. The molecule has 0 bridgehead atoms. The predicted molar refractivity (Wildman–Crippen MR) is 98.8 cm³/mol. The first-order valence-corrected chi connectivity index (χ1v) is 9.37. The van der Waals surface area contributed by atoms with Gasteiger partial charge in [0.2, 0.25) is 5.91 Å². The molecule has 1 N–H and O–H groups in total. The molecule has 0 saturated carbocycles. The van der Waals surface area contributed by atoms with Gasteiger partial charge in [-0.25, -0.2) is 0 Å². The topological polar surface area (TPSA) is 90.8 Å². The summed E-state index contributed by atoms with van der Waals surface area (Å²) in [4.78, 5) is 12.0. The molecule has 8 nitrogen and oxygen atoms in total. The van der Waals surface area contributed by atoms with E-state index >= 15 is 0 Å². The van der Waals surface area contributed by atoms with Crippen molar-refractivity contribution in [2.24, 2.45) is 7.05 Å². The lowest BCUT2D eigenvalue weighted by atomic mass is 10.4. The fourth-order valence-corrected chi connectivity index (χ4v) is 3.34. The summed E-state index contributed by atoms with van der Waals surface area (Å²) in [6.07, 6.45) is 2.43. The number of thioether (sulfide) groups is 1. The average molecular weight is 374 g/mol. The first kappa shape index (κ1) is 18.2. The third-order valence-electron chi connectivity index (χ3n) is 3.88. The van der Waals surface area contributed by atoms with Gasteiger partial charge in [0.15, 0.2) is 16.7 Å². The molecule has 3 heterocycles. The fraction of sp³-hybridized carbons (Fsp3) is 0.412. The summed E-state index contributed by atoms with van der Waals surface area (Å²) in [5.74, 6) is 1.57. The second-order valence-corrected chi connectivity index (χ2v) is 6.93. The molecule has 3 rings (SSSR count). The Kier molecular flexibility index (Phi) is 5.77. The van der Waals surface area contributed by atoms with Crippen molar-refractivity contribution < 1.29 is 9.21 Å². The molecule has 1 amide bonds. The molecule has 3 aromatic rings. The third kappa shape index (κ3) is 4.34. The lowest BCUT2D eigenvalue weighted by molar-refractivity contribution is -0.118. The first-order chi connectivity index (χ1) is 12.5. The summed E-state index contributed by atoms with van der Waals surface area (Å²) < 4.78 is 9.12. The Balaban J connectivity index is 1.41. The Hall–Kier alpha value is -2.55. The van der Waals surface area contributed by atoms with Crippen molar-refractivity contribution in [1.82, 2.24) is 29.9 Å². The summed E-state index contributed by atoms with van der Waals surface area (Å²) in [6, 6.07) is 5.68. The van der Waals surface area contributed by atoms with E-state index in [1.807, 2.05) is 42.3 Å². The van der Waals surface area contributed by atoms with E-state index in [-0.39, 0.29) is 5.91 Å². The van der Waals surface area contributed by atoms with Crippen LogP contribution in [0.15, 0.2) is 34.0 Å². The molecule has 0 radical (unpaired) electrons. The van der Waals surface area contributed by atoms with E-state index < -0.39 is 0 Å². The third-order valence-corrected chi connectivity index (χ3v) is 4.90. The number of hydrogen-bond acceptors (Lipinski definition) is 6. The van der Waals surface area contributed by atoms with Crippen molar-refractivity contribution in [3.8, 4) is 11.6 Å². The molecule has 0 aliphatic carbocycles. The highest BCUT2D eigenvalue weighted by atomic mass is 32.2. The van der Waals surface area contributed by atoms with Crippen LogP contribution in [0.3, 0.4) is 0 Å². The number of aromatic nitrogens is 5. The number of amides is 1. The van der Waals surface area contributed by atoms with E-state index in [0.29, 0.717) is 29.0 Å². The van der Waals surface area contributed by atoms with Gasteiger partial charge < -0.3 is 14.3 Å². The zero-order valence-corrected chi connectivity index (χ0v) is 15.9. The minimum Gasteiger partial charge on any atom is -0.461 e. The Labute approximate surface area is 156 Å². The van der Waals surface area contributed by atoms with Gasteiger partial charge in [-0.05, 0) is 38.5 Å². The van der Waals surface area contributed by atoms with Gasteiger partial charge in [0, 0.05) is 25.8 Å². The molecule has 26 heavy (non-hydrogen) atoms. The lowest BCUT2D eigenvalue weighted by Crippen LogP contribution is -2.27. The normalized spacial score (nSPS) is 11.0. The van der Waals surface area contributed by atoms with Crippen LogP contribution in [0, 0.1) is 13.8 Å². The molecular formula is C17H22N6O2S. The van der Waals surface area contributed by atoms with Crippen molar-refractivity contribution >= 4 is 17.7 Å². The standard InChI is InChI=1S/C17H22N6O2S/c1-12-10-13(2)23(21-12)8-5-7-18-15(24)11-26-17-20-19-16(22(17)3)14-6-4-9-25-14/h4,6,9-10H,5,7-8,11H2,1-3H3,(H,18,24). The van der Waals surface area contributed by atoms with Crippen molar-refractivity contribution in [3.63, 3.8) is 0 Å². The van der Waals surface area contributed by atoms with Gasteiger partial charge in [-0.3, -0.25) is 9.48 Å². The van der Waals surface area contributed by atoms with Crippen molar-refractivity contribution in [2.75, 3.05) is 12.3 Å². The van der Waals surface area contributed by atoms with Gasteiger partial charge in [0.25, 0.3) is 0 Å². The minimum absolute atomic E-state index is 0.0223. The summed E-state index contributed by atoms with van der Waals surface area (Å²) in [6.45, 7) is 5.43. The van der Waals surface area contributed by atoms with E-state index in [1.165, 1.54) is 11.8 Å². The van der Waals surface area contributed by atoms with Crippen molar-refractivity contribution in [2.45, 2.75) is 32.0 Å². The van der Waals surface area contributed by atoms with Gasteiger partial charge in [-0.15, -0.1) is 10.2 Å². The minimum atomic E-state index is -0.0223.